The van der Waals surface area contributed by atoms with E-state index < -0.39 is 6.10 Å². The van der Waals surface area contributed by atoms with Crippen molar-refractivity contribution in [1.29, 1.82) is 0 Å². The summed E-state index contributed by atoms with van der Waals surface area (Å²) in [5.74, 6) is 1.16. The molecule has 0 aliphatic carbocycles. The first-order chi connectivity index (χ1) is 14.7. The van der Waals surface area contributed by atoms with Gasteiger partial charge in [0.1, 0.15) is 30.0 Å². The van der Waals surface area contributed by atoms with Gasteiger partial charge in [0.2, 0.25) is 5.95 Å². The number of aromatic nitrogens is 3. The summed E-state index contributed by atoms with van der Waals surface area (Å²) in [6.45, 7) is 2.06. The zero-order chi connectivity index (χ0) is 20.2. The highest BCUT2D eigenvalue weighted by Gasteiger charge is 2.41. The van der Waals surface area contributed by atoms with E-state index in [9.17, 15) is 4.39 Å². The summed E-state index contributed by atoms with van der Waals surface area (Å²) in [6, 6.07) is 16.6. The number of rotatable bonds is 2. The average Bonchev–Trinajstić information content (AvgIpc) is 3.44. The van der Waals surface area contributed by atoms with Crippen molar-refractivity contribution >= 4 is 23.0 Å². The highest BCUT2D eigenvalue weighted by Crippen LogP contribution is 2.51. The summed E-state index contributed by atoms with van der Waals surface area (Å²) in [6.07, 6.45) is 1.10. The minimum atomic E-state index is -0.456. The first kappa shape index (κ1) is 17.4. The Morgan fingerprint density at radius 2 is 2.07 bits per heavy atom. The Kier molecular flexibility index (Phi) is 3.79. The van der Waals surface area contributed by atoms with Gasteiger partial charge in [-0.05, 0) is 48.2 Å². The van der Waals surface area contributed by atoms with Gasteiger partial charge in [0.05, 0.1) is 5.70 Å². The second-order valence-corrected chi connectivity index (χ2v) is 8.43. The van der Waals surface area contributed by atoms with Gasteiger partial charge in [-0.2, -0.15) is 10.1 Å². The number of benzene rings is 2. The minimum absolute atomic E-state index is 0.194. The number of aryl methyl sites for hydroxylation is 1. The maximum absolute atomic E-state index is 14.1. The Labute approximate surface area is 176 Å². The minimum Gasteiger partial charge on any atom is -0.480 e. The molecule has 2 unspecified atom stereocenters. The molecule has 0 radical (unpaired) electrons. The number of nitrogens with zero attached hydrogens (tertiary/aromatic N) is 3. The lowest BCUT2D eigenvalue weighted by molar-refractivity contribution is 0.223. The molecule has 30 heavy (non-hydrogen) atoms. The molecule has 1 N–H and O–H groups in total. The molecule has 6 rings (SSSR count). The number of thiophene rings is 1. The number of halogens is 1. The van der Waals surface area contributed by atoms with Gasteiger partial charge in [0.25, 0.3) is 0 Å². The molecular weight excluding hydrogens is 399 g/mol. The van der Waals surface area contributed by atoms with E-state index >= 15 is 0 Å². The van der Waals surface area contributed by atoms with Crippen LogP contribution >= 0.6 is 11.3 Å². The molecule has 2 aromatic carbocycles. The molecule has 0 saturated heterocycles. The van der Waals surface area contributed by atoms with E-state index in [1.165, 1.54) is 12.1 Å². The van der Waals surface area contributed by atoms with Crippen molar-refractivity contribution in [3.05, 3.63) is 99.3 Å². The fraction of sp³-hybridized carbons (Fsp3) is 0.130. The van der Waals surface area contributed by atoms with Crippen molar-refractivity contribution < 1.29 is 9.13 Å². The fourth-order valence-corrected chi connectivity index (χ4v) is 5.08. The molecule has 2 aliphatic heterocycles. The molecule has 0 bridgehead atoms. The molecule has 2 aromatic heterocycles. The number of hydrogen-bond donors (Lipinski definition) is 1. The predicted molar refractivity (Wildman–Crippen MR) is 114 cm³/mol. The molecule has 148 valence electrons. The Hall–Kier alpha value is -3.45. The van der Waals surface area contributed by atoms with E-state index in [4.69, 9.17) is 4.74 Å². The standard InChI is InChI=1S/C23H17FN4OS/c1-13-7-8-17-16(10-13)20-19(22(29-17)14-4-2-5-15(24)11-14)21(18-6-3-9-30-18)28-23(27-20)25-12-26-28/h2-12,21-22H,1H3,(H,25,26,27). The van der Waals surface area contributed by atoms with E-state index in [-0.39, 0.29) is 11.9 Å². The number of ether oxygens (including phenoxy) is 1. The zero-order valence-corrected chi connectivity index (χ0v) is 16.9. The number of fused-ring (bicyclic) bond motifs is 3. The predicted octanol–water partition coefficient (Wildman–Crippen LogP) is 5.35. The summed E-state index contributed by atoms with van der Waals surface area (Å²) in [5.41, 5.74) is 4.83. The van der Waals surface area contributed by atoms with Crippen LogP contribution in [-0.4, -0.2) is 14.8 Å². The fourth-order valence-electron chi connectivity index (χ4n) is 4.25. The summed E-state index contributed by atoms with van der Waals surface area (Å²) in [4.78, 5) is 5.55. The van der Waals surface area contributed by atoms with Gasteiger partial charge < -0.3 is 10.1 Å². The van der Waals surface area contributed by atoms with Crippen LogP contribution < -0.4 is 10.1 Å². The lowest BCUT2D eigenvalue weighted by atomic mass is 9.86. The average molecular weight is 416 g/mol. The summed E-state index contributed by atoms with van der Waals surface area (Å²) in [7, 11) is 0. The molecule has 0 amide bonds. The second kappa shape index (κ2) is 6.53. The third kappa shape index (κ3) is 2.59. The van der Waals surface area contributed by atoms with E-state index in [0.717, 1.165) is 38.6 Å². The largest absolute Gasteiger partial charge is 0.480 e. The quantitative estimate of drug-likeness (QED) is 0.479. The van der Waals surface area contributed by atoms with Crippen LogP contribution in [0.1, 0.15) is 33.7 Å². The van der Waals surface area contributed by atoms with E-state index in [2.05, 4.69) is 34.5 Å². The zero-order valence-electron chi connectivity index (χ0n) is 16.0. The van der Waals surface area contributed by atoms with Gasteiger partial charge in [-0.25, -0.2) is 9.07 Å². The summed E-state index contributed by atoms with van der Waals surface area (Å²) in [5, 5.41) is 10.0. The molecule has 0 spiro atoms. The SMILES string of the molecule is Cc1ccc2c(c1)C1=C(C(c3cccc(F)c3)O2)C(c2cccs2)n2ncnc2N1. The molecule has 0 saturated carbocycles. The van der Waals surface area contributed by atoms with Crippen molar-refractivity contribution in [2.75, 3.05) is 5.32 Å². The van der Waals surface area contributed by atoms with Crippen molar-refractivity contribution in [3.63, 3.8) is 0 Å². The molecule has 7 heteroatoms. The van der Waals surface area contributed by atoms with E-state index in [1.807, 2.05) is 34.3 Å². The van der Waals surface area contributed by atoms with Gasteiger partial charge in [0.15, 0.2) is 0 Å². The molecule has 2 aliphatic rings. The first-order valence-corrected chi connectivity index (χ1v) is 10.5. The van der Waals surface area contributed by atoms with Gasteiger partial charge in [-0.1, -0.05) is 29.8 Å². The van der Waals surface area contributed by atoms with Gasteiger partial charge in [-0.15, -0.1) is 11.3 Å². The van der Waals surface area contributed by atoms with Crippen molar-refractivity contribution in [2.24, 2.45) is 0 Å². The van der Waals surface area contributed by atoms with E-state index in [1.54, 1.807) is 23.7 Å². The molecule has 2 atom stereocenters. The number of nitrogens with one attached hydrogen (secondary N) is 1. The van der Waals surface area contributed by atoms with Crippen LogP contribution in [0.5, 0.6) is 5.75 Å². The number of anilines is 1. The van der Waals surface area contributed by atoms with Crippen LogP contribution in [0.2, 0.25) is 0 Å². The molecule has 4 aromatic rings. The summed E-state index contributed by atoms with van der Waals surface area (Å²) >= 11 is 1.66. The monoisotopic (exact) mass is 416 g/mol. The van der Waals surface area contributed by atoms with Gasteiger partial charge >= 0.3 is 0 Å². The van der Waals surface area contributed by atoms with Gasteiger partial charge in [0, 0.05) is 16.0 Å². The first-order valence-electron chi connectivity index (χ1n) is 9.66. The highest BCUT2D eigenvalue weighted by atomic mass is 32.1. The van der Waals surface area contributed by atoms with Crippen LogP contribution in [0.4, 0.5) is 10.3 Å². The van der Waals surface area contributed by atoms with Crippen LogP contribution in [0, 0.1) is 12.7 Å². The Balaban J connectivity index is 1.65. The topological polar surface area (TPSA) is 52.0 Å². The third-order valence-corrected chi connectivity index (χ3v) is 6.46. The van der Waals surface area contributed by atoms with E-state index in [0.29, 0.717) is 5.95 Å². The normalized spacial score (nSPS) is 19.4. The van der Waals surface area contributed by atoms with Gasteiger partial charge in [-0.3, -0.25) is 0 Å². The highest BCUT2D eigenvalue weighted by molar-refractivity contribution is 7.10. The lowest BCUT2D eigenvalue weighted by Crippen LogP contribution is -2.32. The summed E-state index contributed by atoms with van der Waals surface area (Å²) < 4.78 is 22.5. The van der Waals surface area contributed by atoms with Crippen LogP contribution in [0.25, 0.3) is 5.70 Å². The lowest BCUT2D eigenvalue weighted by Gasteiger charge is -2.38. The molecule has 4 heterocycles. The van der Waals surface area contributed by atoms with Crippen LogP contribution in [-0.2, 0) is 0 Å². The maximum atomic E-state index is 14.1. The maximum Gasteiger partial charge on any atom is 0.226 e. The number of hydrogen-bond acceptors (Lipinski definition) is 5. The Morgan fingerprint density at radius 3 is 2.90 bits per heavy atom. The Bertz CT molecular complexity index is 1290. The smallest absolute Gasteiger partial charge is 0.226 e. The third-order valence-electron chi connectivity index (χ3n) is 5.53. The molecule has 5 nitrogen and oxygen atoms in total. The van der Waals surface area contributed by atoms with Crippen molar-refractivity contribution in [2.45, 2.75) is 19.1 Å². The second-order valence-electron chi connectivity index (χ2n) is 7.45. The molecule has 0 fully saturated rings. The van der Waals surface area contributed by atoms with Crippen LogP contribution in [0.15, 0.2) is 71.9 Å². The van der Waals surface area contributed by atoms with Crippen molar-refractivity contribution in [3.8, 4) is 5.75 Å². The van der Waals surface area contributed by atoms with Crippen molar-refractivity contribution in [1.82, 2.24) is 14.8 Å². The molecular formula is C23H17FN4OS. The van der Waals surface area contributed by atoms with Crippen LogP contribution in [0.3, 0.4) is 0 Å². The Morgan fingerprint density at radius 1 is 1.13 bits per heavy atom.